The number of nitriles is 1. The molecule has 15 heteroatoms. The molecule has 1 fully saturated rings. The average Bonchev–Trinajstić information content (AvgIpc) is 3.04. The highest BCUT2D eigenvalue weighted by molar-refractivity contribution is 5.92. The van der Waals surface area contributed by atoms with E-state index in [2.05, 4.69) is 11.9 Å². The van der Waals surface area contributed by atoms with E-state index in [9.17, 15) is 29.1 Å². The highest BCUT2D eigenvalue weighted by Gasteiger charge is 2.52. The summed E-state index contributed by atoms with van der Waals surface area (Å²) >= 11 is 0. The Morgan fingerprint density at radius 3 is 2.09 bits per heavy atom. The minimum Gasteiger partial charge on any atom is -0.463 e. The number of hydrogen-bond acceptors (Lipinski definition) is 15. The lowest BCUT2D eigenvalue weighted by atomic mass is 9.95. The van der Waals surface area contributed by atoms with Crippen molar-refractivity contribution in [1.29, 1.82) is 5.26 Å². The molecular formula is C31H48N2O13. The number of esters is 5. The summed E-state index contributed by atoms with van der Waals surface area (Å²) in [5.74, 6) is -3.20. The maximum Gasteiger partial charge on any atom is 0.348 e. The average molecular weight is 657 g/mol. The molecule has 7 atom stereocenters. The van der Waals surface area contributed by atoms with Gasteiger partial charge in [0.1, 0.15) is 30.4 Å². The number of aliphatic hydroxyl groups excluding tert-OH is 1. The Morgan fingerprint density at radius 1 is 0.913 bits per heavy atom. The Morgan fingerprint density at radius 2 is 1.50 bits per heavy atom. The van der Waals surface area contributed by atoms with Gasteiger partial charge in [0.2, 0.25) is 6.29 Å². The summed E-state index contributed by atoms with van der Waals surface area (Å²) in [7, 11) is 0. The lowest BCUT2D eigenvalue weighted by Crippen LogP contribution is -2.67. The van der Waals surface area contributed by atoms with E-state index in [0.717, 1.165) is 0 Å². The van der Waals surface area contributed by atoms with Crippen LogP contribution < -0.4 is 5.32 Å². The second kappa shape index (κ2) is 22.0. The summed E-state index contributed by atoms with van der Waals surface area (Å²) in [4.78, 5) is 60.7. The molecule has 1 rings (SSSR count). The SMILES string of the molecule is C=C(C#N)C(=O)OC(C)CCCCOCC(O)CN[C@@H]1[C@H](OC(=O)CC)O[C@H](COC(=O)CC)[C@@H](OC(=O)CC)[C@@H]1OC(=O)CC. The van der Waals surface area contributed by atoms with Crippen molar-refractivity contribution in [1.82, 2.24) is 5.32 Å². The third-order valence-corrected chi connectivity index (χ3v) is 6.73. The molecule has 15 nitrogen and oxygen atoms in total. The molecule has 1 heterocycles. The van der Waals surface area contributed by atoms with E-state index in [-0.39, 0.29) is 51.0 Å². The van der Waals surface area contributed by atoms with Gasteiger partial charge in [-0.3, -0.25) is 19.2 Å². The predicted octanol–water partition coefficient (Wildman–Crippen LogP) is 1.78. The molecule has 2 unspecified atom stereocenters. The van der Waals surface area contributed by atoms with Crippen molar-refractivity contribution < 1.29 is 62.2 Å². The third-order valence-electron chi connectivity index (χ3n) is 6.73. The molecule has 0 spiro atoms. The Hall–Kier alpha value is -3.58. The van der Waals surface area contributed by atoms with Crippen LogP contribution in [0.4, 0.5) is 0 Å². The molecule has 0 aliphatic carbocycles. The van der Waals surface area contributed by atoms with Crippen molar-refractivity contribution in [2.45, 2.75) is 122 Å². The molecule has 0 amide bonds. The van der Waals surface area contributed by atoms with Crippen molar-refractivity contribution >= 4 is 29.8 Å². The number of hydrogen-bond donors (Lipinski definition) is 2. The maximum atomic E-state index is 12.5. The number of nitrogens with zero attached hydrogens (tertiary/aromatic N) is 1. The van der Waals surface area contributed by atoms with Gasteiger partial charge in [0.25, 0.3) is 0 Å². The van der Waals surface area contributed by atoms with Gasteiger partial charge >= 0.3 is 29.8 Å². The van der Waals surface area contributed by atoms with E-state index in [4.69, 9.17) is 38.4 Å². The van der Waals surface area contributed by atoms with Gasteiger partial charge in [-0.25, -0.2) is 4.79 Å². The molecule has 0 aromatic carbocycles. The second-order valence-electron chi connectivity index (χ2n) is 10.5. The summed E-state index contributed by atoms with van der Waals surface area (Å²) in [6.07, 6.45) is -4.59. The highest BCUT2D eigenvalue weighted by Crippen LogP contribution is 2.29. The zero-order valence-electron chi connectivity index (χ0n) is 27.3. The van der Waals surface area contributed by atoms with Crippen LogP contribution in [0.5, 0.6) is 0 Å². The van der Waals surface area contributed by atoms with Crippen LogP contribution in [0.1, 0.15) is 79.6 Å². The molecule has 1 aliphatic heterocycles. The first kappa shape index (κ1) is 40.4. The van der Waals surface area contributed by atoms with E-state index in [1.54, 1.807) is 40.7 Å². The molecule has 260 valence electrons. The second-order valence-corrected chi connectivity index (χ2v) is 10.5. The fourth-order valence-electron chi connectivity index (χ4n) is 4.14. The standard InChI is InChI=1S/C31H48N2O13/c1-7-23(35)41-18-22-28(44-24(36)8-2)29(45-25(37)9-3)27(31(43-22)46-26(38)10-4)33-16-21(34)17-40-14-12-11-13-20(6)42-30(39)19(5)15-32/h20-22,27-29,31,33-34H,5,7-14,16-18H2,1-4,6H3/t20?,21?,22-,27+,28-,29-,31+/m1/s1. The summed E-state index contributed by atoms with van der Waals surface area (Å²) in [5, 5.41) is 22.3. The molecule has 0 aromatic heterocycles. The van der Waals surface area contributed by atoms with Gasteiger partial charge in [-0.2, -0.15) is 5.26 Å². The van der Waals surface area contributed by atoms with Crippen LogP contribution in [0.25, 0.3) is 0 Å². The number of nitrogens with one attached hydrogen (secondary N) is 1. The van der Waals surface area contributed by atoms with E-state index in [1.807, 2.05) is 0 Å². The first-order chi connectivity index (χ1) is 21.9. The Balaban J connectivity index is 2.93. The predicted molar refractivity (Wildman–Crippen MR) is 159 cm³/mol. The lowest BCUT2D eigenvalue weighted by molar-refractivity contribution is -0.273. The molecule has 1 aliphatic rings. The smallest absolute Gasteiger partial charge is 0.348 e. The van der Waals surface area contributed by atoms with Gasteiger partial charge in [0.15, 0.2) is 12.2 Å². The van der Waals surface area contributed by atoms with Crippen LogP contribution in [-0.2, 0) is 57.1 Å². The van der Waals surface area contributed by atoms with Crippen molar-refractivity contribution in [2.75, 3.05) is 26.4 Å². The van der Waals surface area contributed by atoms with Crippen LogP contribution in [0.2, 0.25) is 0 Å². The van der Waals surface area contributed by atoms with E-state index in [0.29, 0.717) is 25.9 Å². The Labute approximate surface area is 269 Å². The zero-order valence-corrected chi connectivity index (χ0v) is 27.3. The number of carbonyl (C=O) groups excluding carboxylic acids is 5. The van der Waals surface area contributed by atoms with Crippen LogP contribution in [-0.4, -0.2) is 104 Å². The van der Waals surface area contributed by atoms with Crippen molar-refractivity contribution in [3.63, 3.8) is 0 Å². The van der Waals surface area contributed by atoms with E-state index in [1.165, 1.54) is 0 Å². The van der Waals surface area contributed by atoms with Crippen LogP contribution in [0.15, 0.2) is 12.2 Å². The Kier molecular flexibility index (Phi) is 19.4. The minimum absolute atomic E-state index is 0.00255. The molecule has 46 heavy (non-hydrogen) atoms. The molecule has 0 bridgehead atoms. The number of ether oxygens (including phenoxy) is 7. The summed E-state index contributed by atoms with van der Waals surface area (Å²) in [5.41, 5.74) is -0.267. The van der Waals surface area contributed by atoms with Crippen molar-refractivity contribution in [3.05, 3.63) is 12.2 Å². The molecule has 2 N–H and O–H groups in total. The number of rotatable bonds is 21. The van der Waals surface area contributed by atoms with Gasteiger partial charge in [0, 0.05) is 38.8 Å². The first-order valence-electron chi connectivity index (χ1n) is 15.6. The normalized spacial score (nSPS) is 22.0. The maximum absolute atomic E-state index is 12.5. The van der Waals surface area contributed by atoms with Gasteiger partial charge in [0.05, 0.1) is 18.8 Å². The fourth-order valence-corrected chi connectivity index (χ4v) is 4.14. The Bertz CT molecular complexity index is 1060. The first-order valence-corrected chi connectivity index (χ1v) is 15.6. The van der Waals surface area contributed by atoms with Crippen molar-refractivity contribution in [3.8, 4) is 6.07 Å². The van der Waals surface area contributed by atoms with Gasteiger partial charge in [-0.05, 0) is 26.2 Å². The number of carbonyl (C=O) groups is 5. The van der Waals surface area contributed by atoms with Crippen LogP contribution >= 0.6 is 0 Å². The summed E-state index contributed by atoms with van der Waals surface area (Å²) in [6, 6.07) is 0.554. The van der Waals surface area contributed by atoms with Gasteiger partial charge in [-0.15, -0.1) is 0 Å². The van der Waals surface area contributed by atoms with Gasteiger partial charge in [-0.1, -0.05) is 34.3 Å². The molecule has 0 saturated carbocycles. The van der Waals surface area contributed by atoms with Crippen LogP contribution in [0, 0.1) is 11.3 Å². The zero-order chi connectivity index (χ0) is 34.6. The number of aliphatic hydroxyl groups is 1. The molecule has 0 aromatic rings. The quantitative estimate of drug-likeness (QED) is 0.0594. The molecular weight excluding hydrogens is 608 g/mol. The van der Waals surface area contributed by atoms with E-state index >= 15 is 0 Å². The number of unbranched alkanes of at least 4 members (excludes halogenated alkanes) is 1. The summed E-state index contributed by atoms with van der Waals surface area (Å²) in [6.45, 7) is 11.1. The topological polar surface area (TPSA) is 206 Å². The largest absolute Gasteiger partial charge is 0.463 e. The third kappa shape index (κ3) is 14.7. The summed E-state index contributed by atoms with van der Waals surface area (Å²) < 4.78 is 38.7. The molecule has 0 radical (unpaired) electrons. The van der Waals surface area contributed by atoms with Crippen LogP contribution in [0.3, 0.4) is 0 Å². The minimum atomic E-state index is -1.36. The lowest BCUT2D eigenvalue weighted by Gasteiger charge is -2.45. The highest BCUT2D eigenvalue weighted by atomic mass is 16.7. The van der Waals surface area contributed by atoms with Gasteiger partial charge < -0.3 is 43.6 Å². The fraction of sp³-hybridized carbons (Fsp3) is 0.742. The molecule has 1 saturated heterocycles. The van der Waals surface area contributed by atoms with E-state index < -0.39 is 72.7 Å². The monoisotopic (exact) mass is 656 g/mol. The van der Waals surface area contributed by atoms with Crippen molar-refractivity contribution in [2.24, 2.45) is 0 Å².